The van der Waals surface area contributed by atoms with Crippen molar-refractivity contribution < 1.29 is 4.42 Å². The zero-order valence-corrected chi connectivity index (χ0v) is 11.9. The molecule has 1 aliphatic rings. The van der Waals surface area contributed by atoms with E-state index in [-0.39, 0.29) is 0 Å². The lowest BCUT2D eigenvalue weighted by Gasteiger charge is -2.11. The summed E-state index contributed by atoms with van der Waals surface area (Å²) in [6, 6.07) is 3.80. The highest BCUT2D eigenvalue weighted by Gasteiger charge is 2.18. The summed E-state index contributed by atoms with van der Waals surface area (Å²) >= 11 is 1.76. The van der Waals surface area contributed by atoms with E-state index in [1.807, 2.05) is 16.7 Å². The zero-order chi connectivity index (χ0) is 13.5. The van der Waals surface area contributed by atoms with E-state index >= 15 is 0 Å². The van der Waals surface area contributed by atoms with E-state index in [2.05, 4.69) is 4.98 Å². The molecule has 0 saturated heterocycles. The second kappa shape index (κ2) is 4.59. The Morgan fingerprint density at radius 1 is 1.35 bits per heavy atom. The molecule has 102 valence electrons. The number of hydrogen-bond donors (Lipinski definition) is 1. The first-order chi connectivity index (χ1) is 9.83. The third-order valence-corrected chi connectivity index (χ3v) is 5.10. The van der Waals surface area contributed by atoms with Crippen molar-refractivity contribution in [2.24, 2.45) is 0 Å². The molecule has 3 heterocycles. The molecule has 1 aliphatic carbocycles. The molecule has 4 rings (SSSR count). The van der Waals surface area contributed by atoms with Gasteiger partial charge >= 0.3 is 0 Å². The highest BCUT2D eigenvalue weighted by atomic mass is 32.1. The van der Waals surface area contributed by atoms with E-state index in [9.17, 15) is 0 Å². The first-order valence-electron chi connectivity index (χ1n) is 6.89. The van der Waals surface area contributed by atoms with Crippen molar-refractivity contribution in [1.82, 2.24) is 9.55 Å². The van der Waals surface area contributed by atoms with E-state index in [1.165, 1.54) is 23.3 Å². The van der Waals surface area contributed by atoms with E-state index < -0.39 is 0 Å². The van der Waals surface area contributed by atoms with Gasteiger partial charge < -0.3 is 8.98 Å². The number of thiophene rings is 1. The number of aryl methyl sites for hydroxylation is 2. The van der Waals surface area contributed by atoms with Crippen LogP contribution in [0.4, 0.5) is 0 Å². The second-order valence-electron chi connectivity index (χ2n) is 5.19. The maximum Gasteiger partial charge on any atom is 0.137 e. The van der Waals surface area contributed by atoms with E-state index in [0.29, 0.717) is 12.0 Å². The molecule has 5 heteroatoms. The summed E-state index contributed by atoms with van der Waals surface area (Å²) in [5.74, 6) is 0.855. The fourth-order valence-electron chi connectivity index (χ4n) is 2.90. The summed E-state index contributed by atoms with van der Waals surface area (Å²) in [6.07, 6.45) is 8.15. The highest BCUT2D eigenvalue weighted by Crippen LogP contribution is 2.33. The maximum atomic E-state index is 8.49. The van der Waals surface area contributed by atoms with Crippen LogP contribution in [0.25, 0.3) is 10.2 Å². The molecule has 0 spiro atoms. The Kier molecular flexibility index (Phi) is 2.73. The summed E-state index contributed by atoms with van der Waals surface area (Å²) in [4.78, 5) is 6.99. The van der Waals surface area contributed by atoms with Gasteiger partial charge in [-0.1, -0.05) is 0 Å². The molecule has 0 saturated carbocycles. The van der Waals surface area contributed by atoms with Crippen LogP contribution in [0.5, 0.6) is 0 Å². The Labute approximate surface area is 120 Å². The van der Waals surface area contributed by atoms with Gasteiger partial charge in [0.05, 0.1) is 24.5 Å². The summed E-state index contributed by atoms with van der Waals surface area (Å²) < 4.78 is 7.23. The van der Waals surface area contributed by atoms with Gasteiger partial charge in [0.1, 0.15) is 16.1 Å². The van der Waals surface area contributed by atoms with E-state index in [0.717, 1.165) is 28.8 Å². The molecule has 0 bridgehead atoms. The Balaban J connectivity index is 1.87. The van der Waals surface area contributed by atoms with Gasteiger partial charge in [-0.3, -0.25) is 5.41 Å². The summed E-state index contributed by atoms with van der Waals surface area (Å²) in [7, 11) is 0. The Hall–Kier alpha value is -1.88. The largest absolute Gasteiger partial charge is 0.467 e. The average Bonchev–Trinajstić information content (AvgIpc) is 3.09. The molecule has 3 aromatic heterocycles. The van der Waals surface area contributed by atoms with Gasteiger partial charge in [-0.2, -0.15) is 0 Å². The molecule has 3 aromatic rings. The molecular formula is C15H15N3OS. The van der Waals surface area contributed by atoms with Gasteiger partial charge in [-0.25, -0.2) is 4.98 Å². The molecule has 0 unspecified atom stereocenters. The van der Waals surface area contributed by atoms with Gasteiger partial charge in [0.2, 0.25) is 0 Å². The van der Waals surface area contributed by atoms with Gasteiger partial charge in [0.15, 0.2) is 0 Å². The first kappa shape index (κ1) is 11.9. The smallest absolute Gasteiger partial charge is 0.137 e. The van der Waals surface area contributed by atoms with Crippen molar-refractivity contribution in [1.29, 1.82) is 5.41 Å². The van der Waals surface area contributed by atoms with Crippen LogP contribution >= 0.6 is 11.3 Å². The third-order valence-electron chi connectivity index (χ3n) is 3.90. The first-order valence-corrected chi connectivity index (χ1v) is 7.71. The molecule has 0 atom stereocenters. The monoisotopic (exact) mass is 285 g/mol. The Bertz CT molecular complexity index is 814. The van der Waals surface area contributed by atoms with Crippen molar-refractivity contribution in [3.05, 3.63) is 46.4 Å². The van der Waals surface area contributed by atoms with Gasteiger partial charge in [-0.15, -0.1) is 11.3 Å². The lowest BCUT2D eigenvalue weighted by Crippen LogP contribution is -2.21. The quantitative estimate of drug-likeness (QED) is 0.786. The predicted molar refractivity (Wildman–Crippen MR) is 77.9 cm³/mol. The van der Waals surface area contributed by atoms with Crippen LogP contribution in [0.15, 0.2) is 29.1 Å². The van der Waals surface area contributed by atoms with Crippen LogP contribution in [0.3, 0.4) is 0 Å². The topological polar surface area (TPSA) is 54.8 Å². The molecule has 0 aromatic carbocycles. The van der Waals surface area contributed by atoms with Crippen LogP contribution in [0, 0.1) is 5.41 Å². The van der Waals surface area contributed by atoms with Crippen LogP contribution in [-0.4, -0.2) is 9.55 Å². The standard InChI is InChI=1S/C15H15N3OS/c16-14-13-11-5-1-2-6-12(11)20-15(13)17-9-18(14)8-10-4-3-7-19-10/h3-4,7,9,16H,1-2,5-6,8H2. The Morgan fingerprint density at radius 2 is 2.25 bits per heavy atom. The molecular weight excluding hydrogens is 270 g/mol. The van der Waals surface area contributed by atoms with Gasteiger partial charge in [0, 0.05) is 4.88 Å². The second-order valence-corrected chi connectivity index (χ2v) is 6.28. The molecule has 0 radical (unpaired) electrons. The maximum absolute atomic E-state index is 8.49. The SMILES string of the molecule is N=c1c2c3c(sc2ncn1Cc1ccco1)CCCC3. The lowest BCUT2D eigenvalue weighted by molar-refractivity contribution is 0.487. The Morgan fingerprint density at radius 3 is 3.10 bits per heavy atom. The summed E-state index contributed by atoms with van der Waals surface area (Å²) in [6.45, 7) is 0.569. The lowest BCUT2D eigenvalue weighted by atomic mass is 9.97. The molecule has 4 nitrogen and oxygen atoms in total. The molecule has 0 fully saturated rings. The van der Waals surface area contributed by atoms with Crippen molar-refractivity contribution in [2.75, 3.05) is 0 Å². The van der Waals surface area contributed by atoms with Gasteiger partial charge in [0.25, 0.3) is 0 Å². The highest BCUT2D eigenvalue weighted by molar-refractivity contribution is 7.18. The zero-order valence-electron chi connectivity index (χ0n) is 11.1. The predicted octanol–water partition coefficient (Wildman–Crippen LogP) is 3.10. The van der Waals surface area contributed by atoms with Crippen LogP contribution in [0.1, 0.15) is 29.0 Å². The number of aromatic nitrogens is 2. The van der Waals surface area contributed by atoms with E-state index in [1.54, 1.807) is 23.9 Å². The molecule has 0 aliphatic heterocycles. The fourth-order valence-corrected chi connectivity index (χ4v) is 4.13. The minimum atomic E-state index is 0.561. The van der Waals surface area contributed by atoms with Crippen molar-refractivity contribution in [3.8, 4) is 0 Å². The minimum absolute atomic E-state index is 0.561. The van der Waals surface area contributed by atoms with Gasteiger partial charge in [-0.05, 0) is 43.4 Å². The number of nitrogens with one attached hydrogen (secondary N) is 1. The average molecular weight is 285 g/mol. The number of hydrogen-bond acceptors (Lipinski definition) is 4. The molecule has 1 N–H and O–H groups in total. The summed E-state index contributed by atoms with van der Waals surface area (Å²) in [5.41, 5.74) is 1.92. The minimum Gasteiger partial charge on any atom is -0.467 e. The number of nitrogens with zero attached hydrogens (tertiary/aromatic N) is 2. The van der Waals surface area contributed by atoms with Crippen LogP contribution in [0.2, 0.25) is 0 Å². The molecule has 20 heavy (non-hydrogen) atoms. The van der Waals surface area contributed by atoms with Crippen molar-refractivity contribution >= 4 is 21.6 Å². The van der Waals surface area contributed by atoms with Crippen LogP contribution < -0.4 is 5.49 Å². The number of fused-ring (bicyclic) bond motifs is 3. The fraction of sp³-hybridized carbons (Fsp3) is 0.333. The van der Waals surface area contributed by atoms with Crippen molar-refractivity contribution in [3.63, 3.8) is 0 Å². The van der Waals surface area contributed by atoms with E-state index in [4.69, 9.17) is 9.83 Å². The van der Waals surface area contributed by atoms with Crippen molar-refractivity contribution in [2.45, 2.75) is 32.2 Å². The number of rotatable bonds is 2. The third kappa shape index (κ3) is 1.81. The molecule has 0 amide bonds. The number of furan rings is 1. The van der Waals surface area contributed by atoms with Crippen LogP contribution in [-0.2, 0) is 19.4 Å². The summed E-state index contributed by atoms with van der Waals surface area (Å²) in [5, 5.41) is 9.54. The normalized spacial score (nSPS) is 14.6.